The quantitative estimate of drug-likeness (QED) is 0.586. The highest BCUT2D eigenvalue weighted by Gasteiger charge is 2.20. The summed E-state index contributed by atoms with van der Waals surface area (Å²) in [6.07, 6.45) is 2.09. The van der Waals surface area contributed by atoms with Gasteiger partial charge in [-0.1, -0.05) is 27.7 Å². The van der Waals surface area contributed by atoms with Crippen LogP contribution in [0.5, 0.6) is 5.75 Å². The Morgan fingerprint density at radius 2 is 2.00 bits per heavy atom. The molecule has 162 valence electrons. The maximum absolute atomic E-state index is 12.8. The third-order valence-corrected chi connectivity index (χ3v) is 4.63. The Balaban J connectivity index is 2.14. The number of aromatic amines is 1. The summed E-state index contributed by atoms with van der Waals surface area (Å²) in [6.45, 7) is 12.0. The number of anilines is 1. The van der Waals surface area contributed by atoms with Gasteiger partial charge in [0, 0.05) is 11.8 Å². The topological polar surface area (TPSA) is 111 Å². The number of ether oxygens (including phenoxy) is 1. The molecule has 3 N–H and O–H groups in total. The SMILES string of the molecule is CC(CCC(C)(C)C)c1cc(NC(=O)c2cc(C#N)ccc2OCC(C)(C)O)n[nH]1. The predicted octanol–water partition coefficient (Wildman–Crippen LogP) is 4.61. The Hall–Kier alpha value is -2.85. The van der Waals surface area contributed by atoms with E-state index >= 15 is 0 Å². The van der Waals surface area contributed by atoms with Crippen molar-refractivity contribution in [3.8, 4) is 11.8 Å². The zero-order valence-corrected chi connectivity index (χ0v) is 18.7. The summed E-state index contributed by atoms with van der Waals surface area (Å²) < 4.78 is 5.62. The van der Waals surface area contributed by atoms with Crippen LogP contribution < -0.4 is 10.1 Å². The van der Waals surface area contributed by atoms with E-state index in [0.717, 1.165) is 18.5 Å². The normalized spacial score (nSPS) is 12.9. The number of amides is 1. The molecule has 1 aromatic carbocycles. The molecule has 2 aromatic rings. The van der Waals surface area contributed by atoms with Crippen LogP contribution in [-0.4, -0.2) is 33.4 Å². The number of carbonyl (C=O) groups is 1. The minimum absolute atomic E-state index is 0.0109. The minimum atomic E-state index is -1.05. The van der Waals surface area contributed by atoms with Crippen molar-refractivity contribution in [1.29, 1.82) is 5.26 Å². The lowest BCUT2D eigenvalue weighted by atomic mass is 9.86. The molecule has 0 aliphatic carbocycles. The largest absolute Gasteiger partial charge is 0.490 e. The standard InChI is InChI=1S/C23H32N4O3/c1-15(9-10-22(2,3)4)18-12-20(27-26-18)25-21(28)17-11-16(13-24)7-8-19(17)30-14-23(5,6)29/h7-8,11-12,15,29H,9-10,14H2,1-6H3,(H2,25,26,27,28). The molecule has 0 aliphatic heterocycles. The smallest absolute Gasteiger partial charge is 0.260 e. The van der Waals surface area contributed by atoms with E-state index < -0.39 is 11.5 Å². The monoisotopic (exact) mass is 412 g/mol. The summed E-state index contributed by atoms with van der Waals surface area (Å²) in [5.74, 6) is 0.560. The van der Waals surface area contributed by atoms with Crippen molar-refractivity contribution < 1.29 is 14.6 Å². The molecule has 1 unspecified atom stereocenters. The molecular weight excluding hydrogens is 380 g/mol. The van der Waals surface area contributed by atoms with Gasteiger partial charge in [0.15, 0.2) is 5.82 Å². The third kappa shape index (κ3) is 7.20. The lowest BCUT2D eigenvalue weighted by molar-refractivity contribution is 0.0281. The number of benzene rings is 1. The number of nitrogens with zero attached hydrogens (tertiary/aromatic N) is 2. The predicted molar refractivity (Wildman–Crippen MR) is 117 cm³/mol. The second kappa shape index (κ2) is 9.31. The van der Waals surface area contributed by atoms with E-state index in [4.69, 9.17) is 4.74 Å². The number of carbonyl (C=O) groups excluding carboxylic acids is 1. The van der Waals surface area contributed by atoms with Gasteiger partial charge in [-0.05, 0) is 56.2 Å². The van der Waals surface area contributed by atoms with Crippen molar-refractivity contribution in [2.75, 3.05) is 11.9 Å². The van der Waals surface area contributed by atoms with Crippen molar-refractivity contribution in [2.45, 2.75) is 65.9 Å². The van der Waals surface area contributed by atoms with Gasteiger partial charge in [0.25, 0.3) is 5.91 Å². The molecule has 0 saturated carbocycles. The van der Waals surface area contributed by atoms with Crippen molar-refractivity contribution in [2.24, 2.45) is 5.41 Å². The third-order valence-electron chi connectivity index (χ3n) is 4.63. The van der Waals surface area contributed by atoms with Crippen LogP contribution in [-0.2, 0) is 0 Å². The molecular formula is C23H32N4O3. The summed E-state index contributed by atoms with van der Waals surface area (Å²) in [5.41, 5.74) is 0.718. The summed E-state index contributed by atoms with van der Waals surface area (Å²) in [4.78, 5) is 12.8. The Bertz CT molecular complexity index is 914. The lowest BCUT2D eigenvalue weighted by Gasteiger charge is -2.20. The van der Waals surface area contributed by atoms with Crippen molar-refractivity contribution in [3.05, 3.63) is 41.1 Å². The zero-order valence-electron chi connectivity index (χ0n) is 18.7. The van der Waals surface area contributed by atoms with Crippen LogP contribution in [0.4, 0.5) is 5.82 Å². The molecule has 0 saturated heterocycles. The van der Waals surface area contributed by atoms with Crippen molar-refractivity contribution in [3.63, 3.8) is 0 Å². The maximum atomic E-state index is 12.8. The second-order valence-electron chi connectivity index (χ2n) is 9.59. The van der Waals surface area contributed by atoms with Gasteiger partial charge in [-0.25, -0.2) is 0 Å². The zero-order chi connectivity index (χ0) is 22.5. The number of hydrogen-bond donors (Lipinski definition) is 3. The molecule has 0 aliphatic rings. The molecule has 7 nitrogen and oxygen atoms in total. The van der Waals surface area contributed by atoms with Crippen molar-refractivity contribution in [1.82, 2.24) is 10.2 Å². The Kier molecular flexibility index (Phi) is 7.27. The Morgan fingerprint density at radius 1 is 1.30 bits per heavy atom. The molecule has 0 fully saturated rings. The molecule has 0 spiro atoms. The van der Waals surface area contributed by atoms with E-state index in [1.807, 2.05) is 12.1 Å². The summed E-state index contributed by atoms with van der Waals surface area (Å²) in [6, 6.07) is 8.45. The van der Waals surface area contributed by atoms with Crippen LogP contribution in [0, 0.1) is 16.7 Å². The Morgan fingerprint density at radius 3 is 2.60 bits per heavy atom. The average Bonchev–Trinajstić information content (AvgIpc) is 3.11. The van der Waals surface area contributed by atoms with Gasteiger partial charge in [-0.15, -0.1) is 0 Å². The molecule has 1 amide bonds. The van der Waals surface area contributed by atoms with Gasteiger partial charge < -0.3 is 15.2 Å². The van der Waals surface area contributed by atoms with Crippen LogP contribution >= 0.6 is 0 Å². The van der Waals surface area contributed by atoms with Crippen molar-refractivity contribution >= 4 is 11.7 Å². The Labute approximate surface area is 178 Å². The average molecular weight is 413 g/mol. The van der Waals surface area contributed by atoms with E-state index in [-0.39, 0.29) is 23.5 Å². The highest BCUT2D eigenvalue weighted by Crippen LogP contribution is 2.29. The van der Waals surface area contributed by atoms with Gasteiger partial charge in [-0.3, -0.25) is 9.89 Å². The molecule has 0 radical (unpaired) electrons. The van der Waals surface area contributed by atoms with Gasteiger partial charge >= 0.3 is 0 Å². The number of aromatic nitrogens is 2. The molecule has 1 heterocycles. The van der Waals surface area contributed by atoms with Crippen LogP contribution in [0.1, 0.15) is 81.9 Å². The number of hydrogen-bond acceptors (Lipinski definition) is 5. The first kappa shape index (κ1) is 23.4. The highest BCUT2D eigenvalue weighted by atomic mass is 16.5. The minimum Gasteiger partial charge on any atom is -0.490 e. The molecule has 1 aromatic heterocycles. The molecule has 30 heavy (non-hydrogen) atoms. The lowest BCUT2D eigenvalue weighted by Crippen LogP contribution is -2.28. The van der Waals surface area contributed by atoms with E-state index in [2.05, 4.69) is 43.2 Å². The van der Waals surface area contributed by atoms with Crippen LogP contribution in [0.15, 0.2) is 24.3 Å². The van der Waals surface area contributed by atoms with Gasteiger partial charge in [0.05, 0.1) is 22.8 Å². The maximum Gasteiger partial charge on any atom is 0.260 e. The van der Waals surface area contributed by atoms with Gasteiger partial charge in [0.2, 0.25) is 0 Å². The van der Waals surface area contributed by atoms with E-state index in [9.17, 15) is 15.2 Å². The summed E-state index contributed by atoms with van der Waals surface area (Å²) in [7, 11) is 0. The molecule has 0 bridgehead atoms. The molecule has 1 atom stereocenters. The van der Waals surface area contributed by atoms with E-state index in [0.29, 0.717) is 17.1 Å². The van der Waals surface area contributed by atoms with Gasteiger partial charge in [0.1, 0.15) is 12.4 Å². The van der Waals surface area contributed by atoms with E-state index in [1.54, 1.807) is 26.0 Å². The van der Waals surface area contributed by atoms with Crippen LogP contribution in [0.2, 0.25) is 0 Å². The second-order valence-corrected chi connectivity index (χ2v) is 9.59. The number of nitrogens with one attached hydrogen (secondary N) is 2. The van der Waals surface area contributed by atoms with Crippen LogP contribution in [0.25, 0.3) is 0 Å². The number of rotatable bonds is 8. The van der Waals surface area contributed by atoms with E-state index in [1.165, 1.54) is 6.07 Å². The number of aliphatic hydroxyl groups is 1. The van der Waals surface area contributed by atoms with Crippen LogP contribution in [0.3, 0.4) is 0 Å². The summed E-state index contributed by atoms with van der Waals surface area (Å²) in [5, 5.41) is 29.0. The first-order chi connectivity index (χ1) is 13.9. The summed E-state index contributed by atoms with van der Waals surface area (Å²) >= 11 is 0. The molecule has 2 rings (SSSR count). The number of nitriles is 1. The number of H-pyrrole nitrogens is 1. The fraction of sp³-hybridized carbons (Fsp3) is 0.522. The van der Waals surface area contributed by atoms with Gasteiger partial charge in [-0.2, -0.15) is 10.4 Å². The first-order valence-electron chi connectivity index (χ1n) is 10.1. The fourth-order valence-electron chi connectivity index (χ4n) is 2.80. The molecule has 7 heteroatoms. The highest BCUT2D eigenvalue weighted by molar-refractivity contribution is 6.06. The first-order valence-corrected chi connectivity index (χ1v) is 10.1. The fourth-order valence-corrected chi connectivity index (χ4v) is 2.80.